The number of carboxylic acid groups (broad SMARTS) is 1. The Morgan fingerprint density at radius 2 is 1.92 bits per heavy atom. The van der Waals surface area contributed by atoms with Crippen LogP contribution in [0, 0.1) is 0 Å². The van der Waals surface area contributed by atoms with Gasteiger partial charge in [-0.3, -0.25) is 0 Å². The minimum absolute atomic E-state index is 0.240. The fourth-order valence-electron chi connectivity index (χ4n) is 2.75. The maximum atomic E-state index is 11.2. The van der Waals surface area contributed by atoms with E-state index in [1.54, 1.807) is 18.2 Å². The Morgan fingerprint density at radius 1 is 1.12 bits per heavy atom. The predicted octanol–water partition coefficient (Wildman–Crippen LogP) is 5.04. The summed E-state index contributed by atoms with van der Waals surface area (Å²) >= 11 is 6.10. The van der Waals surface area contributed by atoms with Crippen LogP contribution in [0.3, 0.4) is 0 Å². The second-order valence-electron chi connectivity index (χ2n) is 5.79. The van der Waals surface area contributed by atoms with Crippen molar-refractivity contribution < 1.29 is 14.6 Å². The molecule has 0 aliphatic carbocycles. The van der Waals surface area contributed by atoms with Crippen LogP contribution in [0.5, 0.6) is 5.75 Å². The molecule has 0 heterocycles. The van der Waals surface area contributed by atoms with E-state index in [9.17, 15) is 9.90 Å². The summed E-state index contributed by atoms with van der Waals surface area (Å²) < 4.78 is 5.58. The number of ether oxygens (including phenoxy) is 1. The van der Waals surface area contributed by atoms with Crippen molar-refractivity contribution in [3.8, 4) is 5.75 Å². The average molecular weight is 362 g/mol. The van der Waals surface area contributed by atoms with Crippen LogP contribution in [0.25, 0.3) is 0 Å². The second kappa shape index (κ2) is 9.33. The monoisotopic (exact) mass is 361 g/mol. The molecule has 0 amide bonds. The average Bonchev–Trinajstić information content (AvgIpc) is 2.58. The minimum atomic E-state index is -0.950. The predicted molar refractivity (Wildman–Crippen MR) is 102 cm³/mol. The lowest BCUT2D eigenvalue weighted by molar-refractivity contribution is 0.0697. The van der Waals surface area contributed by atoms with Gasteiger partial charge in [0.05, 0.1) is 17.9 Å². The largest absolute Gasteiger partial charge is 0.492 e. The van der Waals surface area contributed by atoms with Gasteiger partial charge >= 0.3 is 5.97 Å². The Kier molecular flexibility index (Phi) is 7.14. The van der Waals surface area contributed by atoms with Gasteiger partial charge in [-0.05, 0) is 61.2 Å². The molecule has 0 aliphatic rings. The van der Waals surface area contributed by atoms with Gasteiger partial charge in [-0.25, -0.2) is 4.79 Å². The zero-order chi connectivity index (χ0) is 18.2. The first-order chi connectivity index (χ1) is 12.0. The van der Waals surface area contributed by atoms with Crippen molar-refractivity contribution in [2.75, 3.05) is 18.5 Å². The lowest BCUT2D eigenvalue weighted by Crippen LogP contribution is -2.09. The number of nitrogens with one attached hydrogen (secondary N) is 1. The molecular weight excluding hydrogens is 338 g/mol. The van der Waals surface area contributed by atoms with Crippen molar-refractivity contribution in [3.05, 3.63) is 58.1 Å². The number of anilines is 1. The quantitative estimate of drug-likeness (QED) is 0.656. The highest BCUT2D eigenvalue weighted by Crippen LogP contribution is 2.26. The number of halogens is 1. The fraction of sp³-hybridized carbons (Fsp3) is 0.350. The molecule has 0 saturated carbocycles. The summed E-state index contributed by atoms with van der Waals surface area (Å²) in [5.74, 6) is -0.286. The first-order valence-electron chi connectivity index (χ1n) is 8.56. The summed E-state index contributed by atoms with van der Waals surface area (Å²) in [4.78, 5) is 11.2. The lowest BCUT2D eigenvalue weighted by Gasteiger charge is -2.14. The van der Waals surface area contributed by atoms with Crippen molar-refractivity contribution in [2.45, 2.75) is 33.1 Å². The first kappa shape index (κ1) is 19.1. The van der Waals surface area contributed by atoms with E-state index in [-0.39, 0.29) is 5.56 Å². The van der Waals surface area contributed by atoms with Gasteiger partial charge in [0.2, 0.25) is 0 Å². The SMILES string of the molecule is CCCc1cc(Cl)ccc1CCNc1cc(C(=O)O)ccc1OCC. The number of benzene rings is 2. The molecule has 0 saturated heterocycles. The first-order valence-corrected chi connectivity index (χ1v) is 8.94. The molecule has 0 fully saturated rings. The Hall–Kier alpha value is -2.20. The number of carboxylic acids is 1. The van der Waals surface area contributed by atoms with Gasteiger partial charge in [0, 0.05) is 11.6 Å². The van der Waals surface area contributed by atoms with Crippen molar-refractivity contribution in [2.24, 2.45) is 0 Å². The van der Waals surface area contributed by atoms with E-state index in [4.69, 9.17) is 16.3 Å². The zero-order valence-corrected chi connectivity index (χ0v) is 15.4. The number of hydrogen-bond acceptors (Lipinski definition) is 3. The molecule has 2 aromatic rings. The molecule has 0 radical (unpaired) electrons. The van der Waals surface area contributed by atoms with Gasteiger partial charge in [-0.15, -0.1) is 0 Å². The fourth-order valence-corrected chi connectivity index (χ4v) is 2.95. The van der Waals surface area contributed by atoms with E-state index in [0.29, 0.717) is 24.6 Å². The number of aryl methyl sites for hydroxylation is 1. The number of carbonyl (C=O) groups is 1. The number of hydrogen-bond donors (Lipinski definition) is 2. The topological polar surface area (TPSA) is 58.6 Å². The summed E-state index contributed by atoms with van der Waals surface area (Å²) in [5, 5.41) is 13.2. The molecule has 0 aromatic heterocycles. The molecule has 0 unspecified atom stereocenters. The Bertz CT molecular complexity index is 731. The Morgan fingerprint density at radius 3 is 2.60 bits per heavy atom. The number of aromatic carboxylic acids is 1. The Balaban J connectivity index is 2.10. The van der Waals surface area contributed by atoms with Crippen molar-refractivity contribution in [1.82, 2.24) is 0 Å². The smallest absolute Gasteiger partial charge is 0.335 e. The highest BCUT2D eigenvalue weighted by Gasteiger charge is 2.10. The van der Waals surface area contributed by atoms with Gasteiger partial charge in [-0.2, -0.15) is 0 Å². The lowest BCUT2D eigenvalue weighted by atomic mass is 10.0. The van der Waals surface area contributed by atoms with E-state index in [2.05, 4.69) is 18.3 Å². The standard InChI is InChI=1S/C20H24ClNO3/c1-3-5-15-12-17(21)8-6-14(15)10-11-22-18-13-16(20(23)24)7-9-19(18)25-4-2/h6-9,12-13,22H,3-5,10-11H2,1-2H3,(H,23,24). The maximum absolute atomic E-state index is 11.2. The van der Waals surface area contributed by atoms with Crippen LogP contribution < -0.4 is 10.1 Å². The molecule has 2 N–H and O–H groups in total. The number of rotatable bonds is 9. The highest BCUT2D eigenvalue weighted by molar-refractivity contribution is 6.30. The molecule has 0 bridgehead atoms. The van der Waals surface area contributed by atoms with Crippen molar-refractivity contribution in [1.29, 1.82) is 0 Å². The normalized spacial score (nSPS) is 10.5. The summed E-state index contributed by atoms with van der Waals surface area (Å²) in [6, 6.07) is 10.9. The van der Waals surface area contributed by atoms with E-state index in [1.807, 2.05) is 19.1 Å². The molecule has 0 atom stereocenters. The van der Waals surface area contributed by atoms with Crippen molar-refractivity contribution in [3.63, 3.8) is 0 Å². The van der Waals surface area contributed by atoms with E-state index >= 15 is 0 Å². The van der Waals surface area contributed by atoms with Crippen molar-refractivity contribution >= 4 is 23.3 Å². The van der Waals surface area contributed by atoms with Crippen LogP contribution in [-0.2, 0) is 12.8 Å². The van der Waals surface area contributed by atoms with Gasteiger partial charge in [0.15, 0.2) is 0 Å². The van der Waals surface area contributed by atoms with Crippen LogP contribution in [0.4, 0.5) is 5.69 Å². The summed E-state index contributed by atoms with van der Waals surface area (Å²) in [5.41, 5.74) is 3.46. The van der Waals surface area contributed by atoms with E-state index in [1.165, 1.54) is 11.1 Å². The molecule has 25 heavy (non-hydrogen) atoms. The van der Waals surface area contributed by atoms with Gasteiger partial charge in [0.1, 0.15) is 5.75 Å². The third-order valence-electron chi connectivity index (χ3n) is 3.92. The molecule has 0 aliphatic heterocycles. The maximum Gasteiger partial charge on any atom is 0.335 e. The molecular formula is C20H24ClNO3. The molecule has 5 heteroatoms. The van der Waals surface area contributed by atoms with Crippen LogP contribution in [0.15, 0.2) is 36.4 Å². The summed E-state index contributed by atoms with van der Waals surface area (Å²) in [7, 11) is 0. The van der Waals surface area contributed by atoms with Gasteiger partial charge in [-0.1, -0.05) is 31.0 Å². The third kappa shape index (κ3) is 5.40. The van der Waals surface area contributed by atoms with Crippen LogP contribution >= 0.6 is 11.6 Å². The Labute approximate surface area is 153 Å². The minimum Gasteiger partial charge on any atom is -0.492 e. The van der Waals surface area contributed by atoms with Gasteiger partial charge < -0.3 is 15.2 Å². The van der Waals surface area contributed by atoms with Crippen LogP contribution in [0.2, 0.25) is 5.02 Å². The zero-order valence-electron chi connectivity index (χ0n) is 14.6. The third-order valence-corrected chi connectivity index (χ3v) is 4.16. The second-order valence-corrected chi connectivity index (χ2v) is 6.23. The molecule has 2 aromatic carbocycles. The van der Waals surface area contributed by atoms with E-state index in [0.717, 1.165) is 24.3 Å². The van der Waals surface area contributed by atoms with Gasteiger partial charge in [0.25, 0.3) is 0 Å². The van der Waals surface area contributed by atoms with Crippen LogP contribution in [0.1, 0.15) is 41.8 Å². The molecule has 0 spiro atoms. The highest BCUT2D eigenvalue weighted by atomic mass is 35.5. The summed E-state index contributed by atoms with van der Waals surface area (Å²) in [6.07, 6.45) is 2.89. The molecule has 2 rings (SSSR count). The molecule has 134 valence electrons. The van der Waals surface area contributed by atoms with E-state index < -0.39 is 5.97 Å². The van der Waals surface area contributed by atoms with Crippen LogP contribution in [-0.4, -0.2) is 24.2 Å². The molecule has 4 nitrogen and oxygen atoms in total. The summed E-state index contributed by atoms with van der Waals surface area (Å²) in [6.45, 7) is 5.26.